The zero-order valence-corrected chi connectivity index (χ0v) is 23.2. The van der Waals surface area contributed by atoms with E-state index in [1.165, 1.54) is 34.4 Å². The highest BCUT2D eigenvalue weighted by molar-refractivity contribution is 9.10. The lowest BCUT2D eigenvalue weighted by Crippen LogP contribution is -2.53. The van der Waals surface area contributed by atoms with E-state index >= 15 is 0 Å². The van der Waals surface area contributed by atoms with Gasteiger partial charge in [-0.2, -0.15) is 0 Å². The number of hydrogen-bond donors (Lipinski definition) is 2. The molecule has 14 heteroatoms. The number of nitrogens with one attached hydrogen (secondary N) is 1. The van der Waals surface area contributed by atoms with Crippen molar-refractivity contribution in [1.82, 2.24) is 15.2 Å². The van der Waals surface area contributed by atoms with E-state index in [0.29, 0.717) is 20.9 Å². The Hall–Kier alpha value is -2.81. The molecule has 9 nitrogen and oxygen atoms in total. The van der Waals surface area contributed by atoms with E-state index in [2.05, 4.69) is 26.2 Å². The Labute approximate surface area is 234 Å². The summed E-state index contributed by atoms with van der Waals surface area (Å²) in [6.45, 7) is 0.308. The number of rotatable bonds is 10. The number of carboxylic acid groups (broad SMARTS) is 1. The number of carboxylic acids is 1. The van der Waals surface area contributed by atoms with Crippen LogP contribution in [-0.4, -0.2) is 77.6 Å². The van der Waals surface area contributed by atoms with Crippen LogP contribution in [-0.2, 0) is 19.1 Å². The molecule has 3 heterocycles. The van der Waals surface area contributed by atoms with Crippen molar-refractivity contribution in [2.75, 3.05) is 32.9 Å². The number of alkyl halides is 2. The summed E-state index contributed by atoms with van der Waals surface area (Å²) >= 11 is 4.65. The van der Waals surface area contributed by atoms with Crippen LogP contribution in [0, 0.1) is 5.82 Å². The molecule has 1 fully saturated rings. The fourth-order valence-electron chi connectivity index (χ4n) is 4.49. The number of likely N-dealkylation sites (tertiary alicyclic amines) is 1. The quantitative estimate of drug-likeness (QED) is 0.377. The van der Waals surface area contributed by atoms with Crippen molar-refractivity contribution < 1.29 is 37.3 Å². The van der Waals surface area contributed by atoms with Crippen LogP contribution in [0.2, 0.25) is 0 Å². The Bertz CT molecular complexity index is 1270. The van der Waals surface area contributed by atoms with Gasteiger partial charge in [-0.1, -0.05) is 22.0 Å². The van der Waals surface area contributed by atoms with Gasteiger partial charge in [0.1, 0.15) is 18.5 Å². The number of carbonyl (C=O) groups excluding carboxylic acids is 1. The number of nitrogens with zero attached hydrogens (tertiary/aromatic N) is 3. The summed E-state index contributed by atoms with van der Waals surface area (Å²) in [4.78, 5) is 34.7. The van der Waals surface area contributed by atoms with Crippen LogP contribution in [0.1, 0.15) is 36.4 Å². The molecule has 39 heavy (non-hydrogen) atoms. The fraction of sp³-hybridized carbons (Fsp3) is 0.440. The molecule has 0 aliphatic carbocycles. The minimum Gasteiger partial charge on any atom is -0.480 e. The third-order valence-corrected chi connectivity index (χ3v) is 7.67. The Morgan fingerprint density at radius 2 is 2.15 bits per heavy atom. The smallest absolute Gasteiger partial charge is 0.338 e. The van der Waals surface area contributed by atoms with Gasteiger partial charge in [-0.25, -0.2) is 27.7 Å². The second kappa shape index (κ2) is 12.6. The zero-order chi connectivity index (χ0) is 28.2. The van der Waals surface area contributed by atoms with Crippen molar-refractivity contribution in [3.05, 3.63) is 61.9 Å². The highest BCUT2D eigenvalue weighted by Gasteiger charge is 2.42. The highest BCUT2D eigenvalue weighted by atomic mass is 79.9. The maximum atomic E-state index is 14.6. The molecule has 210 valence electrons. The number of esters is 1. The van der Waals surface area contributed by atoms with Gasteiger partial charge in [-0.05, 0) is 31.0 Å². The van der Waals surface area contributed by atoms with Gasteiger partial charge in [0.15, 0.2) is 10.8 Å². The van der Waals surface area contributed by atoms with E-state index in [1.54, 1.807) is 18.5 Å². The molecule has 2 N–H and O–H groups in total. The van der Waals surface area contributed by atoms with Crippen LogP contribution in [0.4, 0.5) is 13.2 Å². The van der Waals surface area contributed by atoms with Gasteiger partial charge in [0.2, 0.25) is 0 Å². The molecule has 0 radical (unpaired) electrons. The second-order valence-electron chi connectivity index (χ2n) is 8.98. The summed E-state index contributed by atoms with van der Waals surface area (Å²) in [5.41, 5.74) is 0.831. The molecule has 2 aliphatic heterocycles. The number of aliphatic carboxylic acids is 1. The van der Waals surface area contributed by atoms with Crippen molar-refractivity contribution in [2.24, 2.45) is 4.99 Å². The number of aliphatic imine (C=N–C) groups is 1. The number of halogens is 4. The Balaban J connectivity index is 1.78. The number of benzene rings is 1. The third kappa shape index (κ3) is 7.24. The average Bonchev–Trinajstić information content (AvgIpc) is 3.40. The summed E-state index contributed by atoms with van der Waals surface area (Å²) in [7, 11) is 0. The van der Waals surface area contributed by atoms with Crippen LogP contribution in [0.3, 0.4) is 0 Å². The van der Waals surface area contributed by atoms with E-state index in [9.17, 15) is 22.8 Å². The summed E-state index contributed by atoms with van der Waals surface area (Å²) in [5, 5.41) is 14.3. The maximum Gasteiger partial charge on any atom is 0.338 e. The number of thiazole rings is 1. The number of aromatic nitrogens is 1. The molecule has 1 saturated heterocycles. The molecule has 2 aliphatic rings. The predicted molar refractivity (Wildman–Crippen MR) is 140 cm³/mol. The number of ether oxygens (including phenoxy) is 2. The van der Waals surface area contributed by atoms with Gasteiger partial charge < -0.3 is 19.9 Å². The van der Waals surface area contributed by atoms with Gasteiger partial charge in [-0.15, -0.1) is 11.3 Å². The topological polar surface area (TPSA) is 113 Å². The normalized spacial score (nSPS) is 21.3. The summed E-state index contributed by atoms with van der Waals surface area (Å²) in [6.07, 6.45) is 1.27. The fourth-order valence-corrected chi connectivity index (χ4v) is 5.65. The van der Waals surface area contributed by atoms with E-state index in [0.717, 1.165) is 0 Å². The summed E-state index contributed by atoms with van der Waals surface area (Å²) in [6, 6.07) is 2.50. The van der Waals surface area contributed by atoms with Gasteiger partial charge in [0.25, 0.3) is 5.92 Å². The minimum atomic E-state index is -2.99. The van der Waals surface area contributed by atoms with Crippen molar-refractivity contribution in [3.8, 4) is 0 Å². The third-order valence-electron chi connectivity index (χ3n) is 6.20. The number of amidine groups is 1. The summed E-state index contributed by atoms with van der Waals surface area (Å²) in [5.74, 6) is -5.04. The highest BCUT2D eigenvalue weighted by Crippen LogP contribution is 2.38. The van der Waals surface area contributed by atoms with Crippen LogP contribution in [0.15, 0.2) is 50.5 Å². The lowest BCUT2D eigenvalue weighted by molar-refractivity contribution is -0.144. The summed E-state index contributed by atoms with van der Waals surface area (Å²) < 4.78 is 54.0. The molecule has 2 unspecified atom stereocenters. The lowest BCUT2D eigenvalue weighted by atomic mass is 9.94. The minimum absolute atomic E-state index is 0.0589. The van der Waals surface area contributed by atoms with Gasteiger partial charge in [0.05, 0.1) is 25.3 Å². The van der Waals surface area contributed by atoms with Gasteiger partial charge in [-0.3, -0.25) is 9.89 Å². The monoisotopic (exact) mass is 630 g/mol. The van der Waals surface area contributed by atoms with E-state index in [4.69, 9.17) is 19.6 Å². The number of piperidine rings is 1. The maximum absolute atomic E-state index is 14.6. The molecule has 0 spiro atoms. The van der Waals surface area contributed by atoms with E-state index in [-0.39, 0.29) is 43.9 Å². The predicted octanol–water partition coefficient (Wildman–Crippen LogP) is 4.15. The van der Waals surface area contributed by atoms with Crippen LogP contribution in [0.25, 0.3) is 0 Å². The first-order valence-electron chi connectivity index (χ1n) is 12.1. The molecule has 2 aromatic rings. The van der Waals surface area contributed by atoms with Crippen molar-refractivity contribution in [3.63, 3.8) is 0 Å². The van der Waals surface area contributed by atoms with Crippen LogP contribution >= 0.6 is 27.3 Å². The van der Waals surface area contributed by atoms with Crippen molar-refractivity contribution in [2.45, 2.75) is 37.8 Å². The van der Waals surface area contributed by atoms with E-state index in [1.807, 2.05) is 0 Å². The zero-order valence-electron chi connectivity index (χ0n) is 20.8. The Kier molecular flexibility index (Phi) is 9.41. The molecule has 0 amide bonds. The number of hydrogen-bond acceptors (Lipinski definition) is 9. The molecule has 1 aromatic carbocycles. The molecular formula is C25H26BrF3N4O5S. The van der Waals surface area contributed by atoms with Gasteiger partial charge >= 0.3 is 11.9 Å². The number of carbonyl (C=O) groups is 2. The second-order valence-corrected chi connectivity index (χ2v) is 10.7. The molecule has 4 rings (SSSR count). The first-order valence-corrected chi connectivity index (χ1v) is 13.8. The average molecular weight is 631 g/mol. The molecule has 0 saturated carbocycles. The van der Waals surface area contributed by atoms with Gasteiger partial charge in [0, 0.05) is 40.8 Å². The first-order chi connectivity index (χ1) is 18.6. The van der Waals surface area contributed by atoms with Crippen LogP contribution in [0.5, 0.6) is 0 Å². The van der Waals surface area contributed by atoms with E-state index < -0.39 is 48.9 Å². The molecule has 0 bridgehead atoms. The lowest BCUT2D eigenvalue weighted by Gasteiger charge is -2.40. The Morgan fingerprint density at radius 1 is 1.36 bits per heavy atom. The molecule has 1 aromatic heterocycles. The first kappa shape index (κ1) is 29.2. The Morgan fingerprint density at radius 3 is 2.82 bits per heavy atom. The standard InChI is InChI=1S/C25H26BrF3N4O5S/c1-2-38-24(36)20-18(10-33-13-25(28,29)6-5-15(33)11-37-12-19(34)35)31-22(23-30-7-8-39-23)32-21(20)16-4-3-14(27)9-17(16)26/h3-4,7-9,15,21H,2,5-6,10-13H2,1H3,(H,31,32)(H,34,35). The molecule has 2 atom stereocenters. The van der Waals surface area contributed by atoms with Crippen LogP contribution < -0.4 is 5.32 Å². The largest absolute Gasteiger partial charge is 0.480 e. The SMILES string of the molecule is CCOC(=O)C1=C(CN2CC(F)(F)CCC2COCC(=O)O)NC(c2nccs2)=NC1c1ccc(F)cc1Br. The van der Waals surface area contributed by atoms with Crippen molar-refractivity contribution >= 4 is 45.0 Å². The molecular weight excluding hydrogens is 605 g/mol. The van der Waals surface area contributed by atoms with Crippen molar-refractivity contribution in [1.29, 1.82) is 0 Å².